The topological polar surface area (TPSA) is 0 Å². The molecule has 5 heteroatoms. The summed E-state index contributed by atoms with van der Waals surface area (Å²) in [4.78, 5) is 0. The highest BCUT2D eigenvalue weighted by atomic mass is 35.5. The smallest absolute Gasteiger partial charge is 0.160 e. The van der Waals surface area contributed by atoms with E-state index >= 15 is 0 Å². The molecular formula is C9H12ClF3S. The molecule has 0 amide bonds. The molecule has 14 heavy (non-hydrogen) atoms. The van der Waals surface area contributed by atoms with Gasteiger partial charge in [0.1, 0.15) is 0 Å². The van der Waals surface area contributed by atoms with Crippen LogP contribution in [0.1, 0.15) is 25.7 Å². The van der Waals surface area contributed by atoms with Crippen molar-refractivity contribution in [2.45, 2.75) is 36.6 Å². The molecule has 0 aromatic rings. The average Bonchev–Trinajstić information content (AvgIpc) is 2.01. The first-order valence-electron chi connectivity index (χ1n) is 4.52. The summed E-state index contributed by atoms with van der Waals surface area (Å²) in [6, 6.07) is 0. The average molecular weight is 245 g/mol. The molecule has 0 heterocycles. The number of hydrogen-bond donors (Lipinski definition) is 0. The number of thioether (sulfide) groups is 1. The van der Waals surface area contributed by atoms with Crippen molar-refractivity contribution in [2.75, 3.05) is 5.75 Å². The van der Waals surface area contributed by atoms with Crippen LogP contribution in [-0.2, 0) is 0 Å². The van der Waals surface area contributed by atoms with Crippen LogP contribution in [-0.4, -0.2) is 16.6 Å². The van der Waals surface area contributed by atoms with Crippen LogP contribution in [0.2, 0.25) is 0 Å². The van der Waals surface area contributed by atoms with Gasteiger partial charge in [-0.15, -0.1) is 11.6 Å². The van der Waals surface area contributed by atoms with Gasteiger partial charge in [-0.3, -0.25) is 0 Å². The van der Waals surface area contributed by atoms with E-state index in [2.05, 4.69) is 0 Å². The van der Waals surface area contributed by atoms with Gasteiger partial charge in [0.15, 0.2) is 0 Å². The summed E-state index contributed by atoms with van der Waals surface area (Å²) in [7, 11) is 0. The summed E-state index contributed by atoms with van der Waals surface area (Å²) >= 11 is 5.92. The van der Waals surface area contributed by atoms with Crippen molar-refractivity contribution < 1.29 is 13.2 Å². The van der Waals surface area contributed by atoms with Crippen molar-refractivity contribution in [1.29, 1.82) is 0 Å². The van der Waals surface area contributed by atoms with Crippen molar-refractivity contribution in [3.8, 4) is 0 Å². The molecule has 0 aliphatic heterocycles. The van der Waals surface area contributed by atoms with Gasteiger partial charge in [-0.2, -0.15) is 13.2 Å². The first kappa shape index (κ1) is 12.2. The van der Waals surface area contributed by atoms with E-state index in [9.17, 15) is 13.2 Å². The van der Waals surface area contributed by atoms with Crippen LogP contribution in [0.15, 0.2) is 11.6 Å². The van der Waals surface area contributed by atoms with Gasteiger partial charge in [0, 0.05) is 5.75 Å². The van der Waals surface area contributed by atoms with Crippen LogP contribution in [0.4, 0.5) is 13.2 Å². The molecule has 0 N–H and O–H groups in total. The summed E-state index contributed by atoms with van der Waals surface area (Å²) in [5.41, 5.74) is -3.02. The van der Waals surface area contributed by atoms with Crippen LogP contribution in [0.25, 0.3) is 0 Å². The lowest BCUT2D eigenvalue weighted by molar-refractivity contribution is -0.0327. The molecule has 82 valence electrons. The van der Waals surface area contributed by atoms with Crippen LogP contribution in [0.3, 0.4) is 0 Å². The maximum atomic E-state index is 11.8. The molecule has 1 rings (SSSR count). The predicted molar refractivity (Wildman–Crippen MR) is 54.7 cm³/mol. The second kappa shape index (κ2) is 5.31. The molecule has 0 bridgehead atoms. The second-order valence-electron chi connectivity index (χ2n) is 3.28. The Labute approximate surface area is 90.9 Å². The lowest BCUT2D eigenvalue weighted by atomic mass is 9.98. The Bertz CT molecular complexity index is 213. The van der Waals surface area contributed by atoms with Crippen LogP contribution in [0.5, 0.6) is 0 Å². The number of halogens is 4. The largest absolute Gasteiger partial charge is 0.441 e. The standard InChI is InChI=1S/C9H12ClF3S/c10-8-3-1-2-7(6-8)4-5-14-9(11,12)13/h6,8H,1-5H2. The fraction of sp³-hybridized carbons (Fsp3) is 0.778. The first-order valence-corrected chi connectivity index (χ1v) is 5.94. The molecule has 0 aromatic carbocycles. The Kier molecular flexibility index (Phi) is 4.64. The van der Waals surface area contributed by atoms with E-state index in [1.54, 1.807) is 0 Å². The van der Waals surface area contributed by atoms with Crippen molar-refractivity contribution in [2.24, 2.45) is 0 Å². The number of hydrogen-bond acceptors (Lipinski definition) is 1. The van der Waals surface area contributed by atoms with Gasteiger partial charge in [-0.1, -0.05) is 23.4 Å². The zero-order valence-corrected chi connectivity index (χ0v) is 9.18. The van der Waals surface area contributed by atoms with Gasteiger partial charge in [-0.25, -0.2) is 0 Å². The van der Waals surface area contributed by atoms with Crippen LogP contribution < -0.4 is 0 Å². The Morgan fingerprint density at radius 3 is 2.79 bits per heavy atom. The van der Waals surface area contributed by atoms with Gasteiger partial charge in [0.05, 0.1) is 5.38 Å². The highest BCUT2D eigenvalue weighted by molar-refractivity contribution is 8.00. The van der Waals surface area contributed by atoms with Gasteiger partial charge >= 0.3 is 5.51 Å². The third-order valence-corrected chi connectivity index (χ3v) is 3.16. The Hall–Kier alpha value is 0.170. The quantitative estimate of drug-likeness (QED) is 0.526. The van der Waals surface area contributed by atoms with Gasteiger partial charge in [-0.05, 0) is 25.7 Å². The monoisotopic (exact) mass is 244 g/mol. The summed E-state index contributed by atoms with van der Waals surface area (Å²) in [5, 5.41) is 0.0228. The maximum absolute atomic E-state index is 11.8. The minimum absolute atomic E-state index is 0.0228. The molecule has 0 fully saturated rings. The SMILES string of the molecule is FC(F)(F)SCCC1=CC(Cl)CCC1. The van der Waals surface area contributed by atoms with Gasteiger partial charge < -0.3 is 0 Å². The Morgan fingerprint density at radius 1 is 1.50 bits per heavy atom. The van der Waals surface area contributed by atoms with Gasteiger partial charge in [0.25, 0.3) is 0 Å². The molecule has 1 unspecified atom stereocenters. The van der Waals surface area contributed by atoms with E-state index in [0.717, 1.165) is 24.8 Å². The molecular weight excluding hydrogens is 233 g/mol. The van der Waals surface area contributed by atoms with Crippen molar-refractivity contribution in [3.63, 3.8) is 0 Å². The van der Waals surface area contributed by atoms with E-state index in [4.69, 9.17) is 11.6 Å². The lowest BCUT2D eigenvalue weighted by Crippen LogP contribution is -2.06. The highest BCUT2D eigenvalue weighted by Crippen LogP contribution is 2.32. The summed E-state index contributed by atoms with van der Waals surface area (Å²) < 4.78 is 35.4. The van der Waals surface area contributed by atoms with E-state index in [0.29, 0.717) is 6.42 Å². The lowest BCUT2D eigenvalue weighted by Gasteiger charge is -2.16. The molecule has 1 atom stereocenters. The molecule has 0 aromatic heterocycles. The number of allylic oxidation sites excluding steroid dienone is 2. The maximum Gasteiger partial charge on any atom is 0.441 e. The number of alkyl halides is 4. The zero-order chi connectivity index (χ0) is 10.6. The molecule has 0 nitrogen and oxygen atoms in total. The van der Waals surface area contributed by atoms with E-state index in [-0.39, 0.29) is 22.9 Å². The van der Waals surface area contributed by atoms with Crippen molar-refractivity contribution in [1.82, 2.24) is 0 Å². The summed E-state index contributed by atoms with van der Waals surface area (Å²) in [6.45, 7) is 0. The Morgan fingerprint density at radius 2 is 2.21 bits per heavy atom. The molecule has 0 saturated heterocycles. The summed E-state index contributed by atoms with van der Waals surface area (Å²) in [5.74, 6) is 0.110. The van der Waals surface area contributed by atoms with Gasteiger partial charge in [0.2, 0.25) is 0 Å². The second-order valence-corrected chi connectivity index (χ2v) is 5.00. The van der Waals surface area contributed by atoms with Crippen molar-refractivity contribution >= 4 is 23.4 Å². The van der Waals surface area contributed by atoms with Crippen LogP contribution in [0, 0.1) is 0 Å². The molecule has 1 aliphatic carbocycles. The summed E-state index contributed by atoms with van der Waals surface area (Å²) in [6.07, 6.45) is 5.26. The minimum atomic E-state index is -4.10. The molecule has 0 saturated carbocycles. The molecule has 0 spiro atoms. The van der Waals surface area contributed by atoms with Crippen molar-refractivity contribution in [3.05, 3.63) is 11.6 Å². The Balaban J connectivity index is 2.24. The zero-order valence-electron chi connectivity index (χ0n) is 7.61. The normalized spacial score (nSPS) is 23.4. The van der Waals surface area contributed by atoms with E-state index in [1.807, 2.05) is 6.08 Å². The fourth-order valence-electron chi connectivity index (χ4n) is 1.45. The minimum Gasteiger partial charge on any atom is -0.160 e. The predicted octanol–water partition coefficient (Wildman–Crippen LogP) is 4.35. The third-order valence-electron chi connectivity index (χ3n) is 2.08. The number of rotatable bonds is 3. The van der Waals surface area contributed by atoms with E-state index < -0.39 is 5.51 Å². The highest BCUT2D eigenvalue weighted by Gasteiger charge is 2.27. The first-order chi connectivity index (χ1) is 6.47. The van der Waals surface area contributed by atoms with E-state index in [1.165, 1.54) is 0 Å². The molecule has 1 aliphatic rings. The van der Waals surface area contributed by atoms with Crippen LogP contribution >= 0.6 is 23.4 Å². The fourth-order valence-corrected chi connectivity index (χ4v) is 2.38. The third kappa shape index (κ3) is 5.15. The molecule has 0 radical (unpaired) electrons.